The van der Waals surface area contributed by atoms with Crippen LogP contribution in [0.4, 0.5) is 0 Å². The second-order valence-electron chi connectivity index (χ2n) is 17.0. The average Bonchev–Trinajstić information content (AvgIpc) is 4.13. The summed E-state index contributed by atoms with van der Waals surface area (Å²) in [5, 5.41) is 2.93. The molecular formula is C43H53N5O8S. The molecule has 3 aromatic rings. The molecule has 0 spiro atoms. The molecule has 4 amide bonds. The molecule has 2 aliphatic heterocycles. The Bertz CT molecular complexity index is 2160. The van der Waals surface area contributed by atoms with Crippen LogP contribution in [-0.2, 0) is 29.2 Å². The number of amides is 4. The molecule has 5 atom stereocenters. The summed E-state index contributed by atoms with van der Waals surface area (Å²) >= 11 is 0. The number of nitrogens with zero attached hydrogens (tertiary/aromatic N) is 3. The molecule has 13 nitrogen and oxygen atoms in total. The van der Waals surface area contributed by atoms with E-state index in [9.17, 15) is 27.6 Å². The Morgan fingerprint density at radius 1 is 1.04 bits per heavy atom. The molecule has 57 heavy (non-hydrogen) atoms. The van der Waals surface area contributed by atoms with E-state index in [1.807, 2.05) is 80.3 Å². The Balaban J connectivity index is 1.20. The maximum Gasteiger partial charge on any atom is 0.259 e. The lowest BCUT2D eigenvalue weighted by Gasteiger charge is -2.37. The van der Waals surface area contributed by atoms with Crippen LogP contribution in [0.5, 0.6) is 11.5 Å². The van der Waals surface area contributed by atoms with Crippen molar-refractivity contribution in [2.75, 3.05) is 26.7 Å². The number of nitrogens with one attached hydrogen (secondary N) is 2. The van der Waals surface area contributed by atoms with Gasteiger partial charge in [-0.3, -0.25) is 23.9 Å². The van der Waals surface area contributed by atoms with Gasteiger partial charge in [0.25, 0.3) is 5.91 Å². The van der Waals surface area contributed by atoms with Gasteiger partial charge in [0.2, 0.25) is 27.7 Å². The number of aromatic nitrogens is 1. The summed E-state index contributed by atoms with van der Waals surface area (Å²) in [6.45, 7) is 11.0. The molecule has 7 rings (SSSR count). The van der Waals surface area contributed by atoms with Crippen molar-refractivity contribution in [3.8, 4) is 22.8 Å². The number of methoxy groups -OCH3 is 1. The van der Waals surface area contributed by atoms with Gasteiger partial charge in [0.1, 0.15) is 29.2 Å². The lowest BCUT2D eigenvalue weighted by molar-refractivity contribution is -0.147. The van der Waals surface area contributed by atoms with Crippen molar-refractivity contribution in [1.29, 1.82) is 0 Å². The van der Waals surface area contributed by atoms with Crippen molar-refractivity contribution in [1.82, 2.24) is 24.8 Å². The highest BCUT2D eigenvalue weighted by Gasteiger charge is 2.62. The monoisotopic (exact) mass is 799 g/mol. The highest BCUT2D eigenvalue weighted by atomic mass is 32.2. The topological polar surface area (TPSA) is 164 Å². The predicted molar refractivity (Wildman–Crippen MR) is 216 cm³/mol. The Kier molecular flexibility index (Phi) is 11.1. The zero-order valence-electron chi connectivity index (χ0n) is 33.2. The number of benzene rings is 2. The van der Waals surface area contributed by atoms with Gasteiger partial charge in [0.05, 0.1) is 36.0 Å². The fourth-order valence-corrected chi connectivity index (χ4v) is 9.52. The predicted octanol–water partition coefficient (Wildman–Crippen LogP) is 4.99. The zero-order chi connectivity index (χ0) is 40.7. The first kappa shape index (κ1) is 40.2. The molecule has 2 saturated heterocycles. The van der Waals surface area contributed by atoms with Crippen LogP contribution in [-0.4, -0.2) is 96.5 Å². The average molecular weight is 800 g/mol. The molecule has 4 fully saturated rings. The number of carbonyl (C=O) groups is 4. The molecule has 0 bridgehead atoms. The quantitative estimate of drug-likeness (QED) is 0.227. The summed E-state index contributed by atoms with van der Waals surface area (Å²) in [6.07, 6.45) is 4.81. The maximum absolute atomic E-state index is 14.6. The number of piperidine rings is 1. The van der Waals surface area contributed by atoms with E-state index in [-0.39, 0.29) is 37.6 Å². The summed E-state index contributed by atoms with van der Waals surface area (Å²) in [7, 11) is -2.31. The Morgan fingerprint density at radius 2 is 1.75 bits per heavy atom. The number of carbonyl (C=O) groups excluding carboxylic acids is 4. The molecule has 2 N–H and O–H groups in total. The fraction of sp³-hybridized carbons (Fsp3) is 0.512. The van der Waals surface area contributed by atoms with Gasteiger partial charge in [-0.25, -0.2) is 13.4 Å². The number of pyridine rings is 1. The normalized spacial score (nSPS) is 24.0. The van der Waals surface area contributed by atoms with Crippen molar-refractivity contribution in [3.63, 3.8) is 0 Å². The first-order valence-electron chi connectivity index (χ1n) is 19.9. The number of hydrogen-bond acceptors (Lipinski definition) is 9. The summed E-state index contributed by atoms with van der Waals surface area (Å²) in [4.78, 5) is 64.8. The van der Waals surface area contributed by atoms with Crippen molar-refractivity contribution in [2.24, 2.45) is 17.3 Å². The molecule has 304 valence electrons. The fourth-order valence-electron chi connectivity index (χ4n) is 8.15. The maximum atomic E-state index is 14.6. The highest BCUT2D eigenvalue weighted by molar-refractivity contribution is 7.91. The molecule has 2 aliphatic carbocycles. The van der Waals surface area contributed by atoms with Crippen LogP contribution in [0.1, 0.15) is 72.1 Å². The van der Waals surface area contributed by atoms with Crippen molar-refractivity contribution in [3.05, 3.63) is 67.3 Å². The van der Waals surface area contributed by atoms with Gasteiger partial charge in [-0.2, -0.15) is 0 Å². The lowest BCUT2D eigenvalue weighted by Crippen LogP contribution is -2.57. The lowest BCUT2D eigenvalue weighted by atomic mass is 9.77. The summed E-state index contributed by atoms with van der Waals surface area (Å²) in [6, 6.07) is 15.9. The van der Waals surface area contributed by atoms with Gasteiger partial charge < -0.3 is 24.6 Å². The zero-order valence-corrected chi connectivity index (χ0v) is 34.0. The molecule has 2 aromatic carbocycles. The van der Waals surface area contributed by atoms with E-state index in [0.717, 1.165) is 24.8 Å². The van der Waals surface area contributed by atoms with Gasteiger partial charge in [-0.1, -0.05) is 57.2 Å². The standard InChI is InChI=1S/C43H53N5O8S/c1-6-28-25-43(28,41(52)46-57(53,54)31-16-17-31)45-39(50)36-22-30(26-48(36)38(49)23-33(42(2,3)4)40(51)47-19-11-8-12-20-47)56-37-24-34(27-13-9-7-10-14-27)44-35-21-29(55-5)15-18-32(35)37/h6-7,9-10,13-15,18,21,24,28,30-31,33,36H,1,8,11-12,16-17,19-20,22-23,25-26H2,2-5H3,(H,45,50)(H,46,52)/t28?,30-,33?,36+,43?/m1/s1. The third kappa shape index (κ3) is 8.51. The van der Waals surface area contributed by atoms with E-state index in [1.165, 1.54) is 11.0 Å². The third-order valence-electron chi connectivity index (χ3n) is 11.9. The van der Waals surface area contributed by atoms with Crippen LogP contribution in [0.2, 0.25) is 0 Å². The first-order chi connectivity index (χ1) is 27.1. The minimum absolute atomic E-state index is 0.0342. The number of sulfonamides is 1. The van der Waals surface area contributed by atoms with E-state index in [2.05, 4.69) is 16.6 Å². The molecule has 2 saturated carbocycles. The number of likely N-dealkylation sites (tertiary alicyclic amines) is 2. The van der Waals surface area contributed by atoms with Crippen molar-refractivity contribution in [2.45, 2.75) is 95.1 Å². The largest absolute Gasteiger partial charge is 0.497 e. The minimum Gasteiger partial charge on any atom is -0.497 e. The third-order valence-corrected chi connectivity index (χ3v) is 13.7. The Hall–Kier alpha value is -4.98. The number of ether oxygens (including phenoxy) is 2. The molecular weight excluding hydrogens is 747 g/mol. The van der Waals surface area contributed by atoms with Crippen LogP contribution in [0.3, 0.4) is 0 Å². The molecule has 0 radical (unpaired) electrons. The second-order valence-corrected chi connectivity index (χ2v) is 18.9. The van der Waals surface area contributed by atoms with Gasteiger partial charge in [0, 0.05) is 54.9 Å². The van der Waals surface area contributed by atoms with Crippen LogP contribution in [0, 0.1) is 17.3 Å². The summed E-state index contributed by atoms with van der Waals surface area (Å²) in [5.74, 6) is -1.90. The van der Waals surface area contributed by atoms with Crippen LogP contribution < -0.4 is 19.5 Å². The minimum atomic E-state index is -3.89. The van der Waals surface area contributed by atoms with Crippen molar-refractivity contribution >= 4 is 44.6 Å². The van der Waals surface area contributed by atoms with E-state index in [0.29, 0.717) is 54.0 Å². The summed E-state index contributed by atoms with van der Waals surface area (Å²) < 4.78 is 40.0. The molecule has 14 heteroatoms. The highest BCUT2D eigenvalue weighted by Crippen LogP contribution is 2.46. The number of hydrogen-bond donors (Lipinski definition) is 2. The number of fused-ring (bicyclic) bond motifs is 1. The van der Waals surface area contributed by atoms with Gasteiger partial charge in [-0.15, -0.1) is 6.58 Å². The van der Waals surface area contributed by atoms with Gasteiger partial charge in [-0.05, 0) is 56.1 Å². The molecule has 3 heterocycles. The van der Waals surface area contributed by atoms with Crippen molar-refractivity contribution < 1.29 is 37.1 Å². The van der Waals surface area contributed by atoms with Crippen LogP contribution in [0.15, 0.2) is 67.3 Å². The van der Waals surface area contributed by atoms with Crippen LogP contribution in [0.25, 0.3) is 22.2 Å². The second kappa shape index (κ2) is 15.8. The Morgan fingerprint density at radius 3 is 2.39 bits per heavy atom. The molecule has 3 unspecified atom stereocenters. The van der Waals surface area contributed by atoms with E-state index < -0.39 is 62.0 Å². The van der Waals surface area contributed by atoms with E-state index >= 15 is 0 Å². The van der Waals surface area contributed by atoms with E-state index in [1.54, 1.807) is 7.11 Å². The first-order valence-corrected chi connectivity index (χ1v) is 21.5. The van der Waals surface area contributed by atoms with Crippen LogP contribution >= 0.6 is 0 Å². The Labute approximate surface area is 334 Å². The molecule has 4 aliphatic rings. The van der Waals surface area contributed by atoms with Gasteiger partial charge >= 0.3 is 0 Å². The summed E-state index contributed by atoms with van der Waals surface area (Å²) in [5.41, 5.74) is 0.0793. The number of rotatable bonds is 13. The smallest absolute Gasteiger partial charge is 0.259 e. The molecule has 1 aromatic heterocycles. The van der Waals surface area contributed by atoms with Gasteiger partial charge in [0.15, 0.2) is 0 Å². The SMILES string of the molecule is C=CC1CC1(NC(=O)[C@@H]1C[C@@H](Oc2cc(-c3ccccc3)nc3cc(OC)ccc23)CN1C(=O)CC(C(=O)N1CCCCC1)C(C)(C)C)C(=O)NS(=O)(=O)C1CC1. The van der Waals surface area contributed by atoms with E-state index in [4.69, 9.17) is 14.5 Å².